The van der Waals surface area contributed by atoms with Crippen LogP contribution in [0.3, 0.4) is 0 Å². The highest BCUT2D eigenvalue weighted by Crippen LogP contribution is 2.27. The van der Waals surface area contributed by atoms with E-state index in [0.29, 0.717) is 24.5 Å². The number of hydrogen-bond donors (Lipinski definition) is 3. The van der Waals surface area contributed by atoms with Crippen LogP contribution in [0.1, 0.15) is 17.3 Å². The molecule has 2 heterocycles. The molecule has 0 bridgehead atoms. The molecular weight excluding hydrogens is 356 g/mol. The molecule has 1 aromatic heterocycles. The lowest BCUT2D eigenvalue weighted by Crippen LogP contribution is -2.34. The lowest BCUT2D eigenvalue weighted by molar-refractivity contribution is -0.125. The van der Waals surface area contributed by atoms with Crippen molar-refractivity contribution in [2.45, 2.75) is 12.6 Å². The number of benzene rings is 2. The molecule has 144 valence electrons. The molecule has 1 aliphatic rings. The molecule has 28 heavy (non-hydrogen) atoms. The molecular formula is C21H22N4O3. The fraction of sp³-hybridized carbons (Fsp3) is 0.238. The van der Waals surface area contributed by atoms with E-state index in [1.165, 1.54) is 0 Å². The maximum absolute atomic E-state index is 12.8. The van der Waals surface area contributed by atoms with Crippen molar-refractivity contribution in [2.75, 3.05) is 13.7 Å². The number of carbonyl (C=O) groups is 1. The maximum atomic E-state index is 12.8. The van der Waals surface area contributed by atoms with Gasteiger partial charge in [-0.2, -0.15) is 0 Å². The first-order chi connectivity index (χ1) is 13.7. The zero-order valence-corrected chi connectivity index (χ0v) is 15.5. The van der Waals surface area contributed by atoms with E-state index in [2.05, 4.69) is 21.3 Å². The SMILES string of the molecule is COc1cccc(C2NNCC2C(=O)NCc2cc(-c3ccccc3)on2)c1. The monoisotopic (exact) mass is 378 g/mol. The quantitative estimate of drug-likeness (QED) is 0.611. The Morgan fingerprint density at radius 1 is 1.21 bits per heavy atom. The number of aromatic nitrogens is 1. The minimum Gasteiger partial charge on any atom is -0.497 e. The number of carbonyl (C=O) groups excluding carboxylic acids is 1. The van der Waals surface area contributed by atoms with Crippen molar-refractivity contribution in [3.63, 3.8) is 0 Å². The van der Waals surface area contributed by atoms with Gasteiger partial charge < -0.3 is 14.6 Å². The van der Waals surface area contributed by atoms with Crippen molar-refractivity contribution in [3.8, 4) is 17.1 Å². The molecule has 7 heteroatoms. The molecule has 3 N–H and O–H groups in total. The van der Waals surface area contributed by atoms with E-state index >= 15 is 0 Å². The summed E-state index contributed by atoms with van der Waals surface area (Å²) >= 11 is 0. The largest absolute Gasteiger partial charge is 0.497 e. The van der Waals surface area contributed by atoms with Gasteiger partial charge in [-0.15, -0.1) is 0 Å². The fourth-order valence-corrected chi connectivity index (χ4v) is 3.33. The number of rotatable bonds is 6. The third-order valence-corrected chi connectivity index (χ3v) is 4.83. The molecule has 7 nitrogen and oxygen atoms in total. The number of nitrogens with one attached hydrogen (secondary N) is 3. The lowest BCUT2D eigenvalue weighted by Gasteiger charge is -2.18. The van der Waals surface area contributed by atoms with Crippen molar-refractivity contribution in [1.29, 1.82) is 0 Å². The summed E-state index contributed by atoms with van der Waals surface area (Å²) in [6.07, 6.45) is 0. The van der Waals surface area contributed by atoms with Crippen LogP contribution in [0.25, 0.3) is 11.3 Å². The molecule has 0 radical (unpaired) electrons. The van der Waals surface area contributed by atoms with Crippen molar-refractivity contribution in [2.24, 2.45) is 5.92 Å². The first-order valence-corrected chi connectivity index (χ1v) is 9.15. The summed E-state index contributed by atoms with van der Waals surface area (Å²) in [5.41, 5.74) is 8.89. The van der Waals surface area contributed by atoms with Crippen LogP contribution in [0, 0.1) is 5.92 Å². The smallest absolute Gasteiger partial charge is 0.226 e. The summed E-state index contributed by atoms with van der Waals surface area (Å²) in [6.45, 7) is 0.859. The van der Waals surface area contributed by atoms with Gasteiger partial charge >= 0.3 is 0 Å². The van der Waals surface area contributed by atoms with E-state index in [1.807, 2.05) is 60.7 Å². The topological polar surface area (TPSA) is 88.4 Å². The van der Waals surface area contributed by atoms with E-state index in [1.54, 1.807) is 7.11 Å². The van der Waals surface area contributed by atoms with Crippen molar-refractivity contribution < 1.29 is 14.1 Å². The Labute approximate surface area is 163 Å². The van der Waals surface area contributed by atoms with Gasteiger partial charge in [0.2, 0.25) is 5.91 Å². The first-order valence-electron chi connectivity index (χ1n) is 9.15. The third-order valence-electron chi connectivity index (χ3n) is 4.83. The van der Waals surface area contributed by atoms with Gasteiger partial charge in [0.25, 0.3) is 0 Å². The Morgan fingerprint density at radius 3 is 2.89 bits per heavy atom. The minimum atomic E-state index is -0.243. The second-order valence-corrected chi connectivity index (χ2v) is 6.65. The van der Waals surface area contributed by atoms with Gasteiger partial charge in [-0.3, -0.25) is 10.2 Å². The standard InChI is InChI=1S/C21H22N4O3/c1-27-17-9-5-8-15(10-17)20-18(13-23-24-20)21(26)22-12-16-11-19(28-25-16)14-6-3-2-4-7-14/h2-11,18,20,23-24H,12-13H2,1H3,(H,22,26). The molecule has 0 aliphatic carbocycles. The molecule has 3 aromatic rings. The summed E-state index contributed by atoms with van der Waals surface area (Å²) < 4.78 is 10.7. The molecule has 1 amide bonds. The zero-order valence-electron chi connectivity index (χ0n) is 15.5. The van der Waals surface area contributed by atoms with Crippen molar-refractivity contribution >= 4 is 5.91 Å². The van der Waals surface area contributed by atoms with Crippen LogP contribution in [0.15, 0.2) is 65.2 Å². The number of ether oxygens (including phenoxy) is 1. The minimum absolute atomic E-state index is 0.0467. The average Bonchev–Trinajstić information content (AvgIpc) is 3.42. The summed E-state index contributed by atoms with van der Waals surface area (Å²) in [5, 5.41) is 7.01. The van der Waals surface area contributed by atoms with Crippen LogP contribution in [0.2, 0.25) is 0 Å². The number of hydrogen-bond acceptors (Lipinski definition) is 6. The lowest BCUT2D eigenvalue weighted by atomic mass is 9.94. The molecule has 1 aliphatic heterocycles. The molecule has 0 spiro atoms. The summed E-state index contributed by atoms with van der Waals surface area (Å²) in [7, 11) is 1.63. The first kappa shape index (κ1) is 18.2. The highest BCUT2D eigenvalue weighted by molar-refractivity contribution is 5.80. The predicted octanol–water partition coefficient (Wildman–Crippen LogP) is 2.43. The van der Waals surface area contributed by atoms with Crippen LogP contribution in [0.5, 0.6) is 5.75 Å². The van der Waals surface area contributed by atoms with Crippen molar-refractivity contribution in [1.82, 2.24) is 21.3 Å². The predicted molar refractivity (Wildman–Crippen MR) is 104 cm³/mol. The molecule has 0 saturated carbocycles. The molecule has 4 rings (SSSR count). The molecule has 2 aromatic carbocycles. The fourth-order valence-electron chi connectivity index (χ4n) is 3.33. The zero-order chi connectivity index (χ0) is 19.3. The Bertz CT molecular complexity index is 942. The van der Waals surface area contributed by atoms with E-state index in [9.17, 15) is 4.79 Å². The van der Waals surface area contributed by atoms with E-state index < -0.39 is 0 Å². The Kier molecular flexibility index (Phi) is 5.36. The van der Waals surface area contributed by atoms with E-state index in [-0.39, 0.29) is 17.9 Å². The van der Waals surface area contributed by atoms with Gasteiger partial charge in [0.1, 0.15) is 11.4 Å². The highest BCUT2D eigenvalue weighted by Gasteiger charge is 2.34. The van der Waals surface area contributed by atoms with E-state index in [0.717, 1.165) is 16.9 Å². The van der Waals surface area contributed by atoms with Crippen LogP contribution < -0.4 is 20.9 Å². The van der Waals surface area contributed by atoms with Gasteiger partial charge in [-0.1, -0.05) is 47.6 Å². The third kappa shape index (κ3) is 3.90. The van der Waals surface area contributed by atoms with Gasteiger partial charge in [0.05, 0.1) is 25.6 Å². The number of hydrazine groups is 1. The Morgan fingerprint density at radius 2 is 2.07 bits per heavy atom. The van der Waals surface area contributed by atoms with Crippen LogP contribution in [-0.2, 0) is 11.3 Å². The van der Waals surface area contributed by atoms with Crippen molar-refractivity contribution in [3.05, 3.63) is 71.9 Å². The second kappa shape index (κ2) is 8.24. The second-order valence-electron chi connectivity index (χ2n) is 6.65. The van der Waals surface area contributed by atoms with Gasteiger partial charge in [0.15, 0.2) is 5.76 Å². The molecule has 2 unspecified atom stereocenters. The molecule has 1 saturated heterocycles. The Hall–Kier alpha value is -3.16. The summed E-state index contributed by atoms with van der Waals surface area (Å²) in [4.78, 5) is 12.8. The molecule has 1 fully saturated rings. The number of nitrogens with zero attached hydrogens (tertiary/aromatic N) is 1. The van der Waals surface area contributed by atoms with Gasteiger partial charge in [-0.25, -0.2) is 5.43 Å². The highest BCUT2D eigenvalue weighted by atomic mass is 16.5. The average molecular weight is 378 g/mol. The van der Waals surface area contributed by atoms with Gasteiger partial charge in [0, 0.05) is 18.2 Å². The van der Waals surface area contributed by atoms with Crippen LogP contribution in [0.4, 0.5) is 0 Å². The number of amides is 1. The van der Waals surface area contributed by atoms with E-state index in [4.69, 9.17) is 9.26 Å². The van der Waals surface area contributed by atoms with Crippen LogP contribution >= 0.6 is 0 Å². The summed E-state index contributed by atoms with van der Waals surface area (Å²) in [5.74, 6) is 1.16. The normalized spacial score (nSPS) is 18.8. The maximum Gasteiger partial charge on any atom is 0.226 e. The number of methoxy groups -OCH3 is 1. The summed E-state index contributed by atoms with van der Waals surface area (Å²) in [6, 6.07) is 19.2. The Balaban J connectivity index is 1.40. The van der Waals surface area contributed by atoms with Gasteiger partial charge in [-0.05, 0) is 17.7 Å². The van der Waals surface area contributed by atoms with Crippen LogP contribution in [-0.4, -0.2) is 24.7 Å². The molecule has 2 atom stereocenters.